The number of carbonyl (C=O) groups is 1. The molecule has 5 nitrogen and oxygen atoms in total. The van der Waals surface area contributed by atoms with E-state index in [1.54, 1.807) is 0 Å². The number of methoxy groups -OCH3 is 1. The molecule has 1 fully saturated rings. The molecule has 1 aliphatic heterocycles. The van der Waals surface area contributed by atoms with Gasteiger partial charge < -0.3 is 14.4 Å². The Kier molecular flexibility index (Phi) is 3.52. The van der Waals surface area contributed by atoms with Crippen LogP contribution in [0.2, 0.25) is 0 Å². The molecule has 0 aliphatic carbocycles. The van der Waals surface area contributed by atoms with Crippen molar-refractivity contribution in [3.05, 3.63) is 35.9 Å². The predicted molar refractivity (Wildman–Crippen MR) is 76.1 cm³/mol. The molecule has 3 rings (SSSR count). The van der Waals surface area contributed by atoms with E-state index >= 15 is 0 Å². The smallest absolute Gasteiger partial charge is 0.341 e. The van der Waals surface area contributed by atoms with Crippen LogP contribution in [0.3, 0.4) is 0 Å². The number of ether oxygens (including phenoxy) is 2. The Balaban J connectivity index is 2.13. The average molecular weight is 272 g/mol. The normalized spacial score (nSPS) is 15.3. The molecule has 0 radical (unpaired) electrons. The van der Waals surface area contributed by atoms with Crippen LogP contribution in [-0.2, 0) is 9.47 Å². The molecule has 5 heteroatoms. The summed E-state index contributed by atoms with van der Waals surface area (Å²) in [6, 6.07) is 9.60. The zero-order valence-electron chi connectivity index (χ0n) is 11.3. The molecular formula is C15H16N2O3. The minimum atomic E-state index is -0.357. The van der Waals surface area contributed by atoms with Gasteiger partial charge in [-0.2, -0.15) is 0 Å². The maximum atomic E-state index is 12.0. The van der Waals surface area contributed by atoms with Crippen LogP contribution in [0.15, 0.2) is 30.3 Å². The summed E-state index contributed by atoms with van der Waals surface area (Å²) in [6.45, 7) is 2.76. The van der Waals surface area contributed by atoms with Crippen molar-refractivity contribution in [1.82, 2.24) is 4.98 Å². The van der Waals surface area contributed by atoms with Gasteiger partial charge in [-0.25, -0.2) is 9.78 Å². The monoisotopic (exact) mass is 272 g/mol. The third-order valence-corrected chi connectivity index (χ3v) is 3.42. The van der Waals surface area contributed by atoms with Crippen LogP contribution in [0.25, 0.3) is 10.9 Å². The van der Waals surface area contributed by atoms with Gasteiger partial charge in [-0.3, -0.25) is 0 Å². The molecular weight excluding hydrogens is 256 g/mol. The highest BCUT2D eigenvalue weighted by atomic mass is 16.5. The number of anilines is 1. The Hall–Kier alpha value is -2.14. The quantitative estimate of drug-likeness (QED) is 0.781. The van der Waals surface area contributed by atoms with Gasteiger partial charge in [0.1, 0.15) is 11.4 Å². The fourth-order valence-electron chi connectivity index (χ4n) is 2.38. The van der Waals surface area contributed by atoms with Crippen LogP contribution >= 0.6 is 0 Å². The molecule has 0 saturated carbocycles. The molecule has 0 N–H and O–H groups in total. The van der Waals surface area contributed by atoms with Crippen molar-refractivity contribution in [2.45, 2.75) is 0 Å². The van der Waals surface area contributed by atoms with Crippen LogP contribution in [0.1, 0.15) is 10.4 Å². The Morgan fingerprint density at radius 2 is 2.05 bits per heavy atom. The highest BCUT2D eigenvalue weighted by Gasteiger charge is 2.21. The Morgan fingerprint density at radius 3 is 2.80 bits per heavy atom. The van der Waals surface area contributed by atoms with Gasteiger partial charge in [-0.1, -0.05) is 18.2 Å². The molecule has 0 atom stereocenters. The van der Waals surface area contributed by atoms with E-state index in [1.807, 2.05) is 30.3 Å². The number of hydrogen-bond donors (Lipinski definition) is 0. The summed E-state index contributed by atoms with van der Waals surface area (Å²) < 4.78 is 10.2. The lowest BCUT2D eigenvalue weighted by Crippen LogP contribution is -2.37. The van der Waals surface area contributed by atoms with Crippen LogP contribution in [-0.4, -0.2) is 44.4 Å². The van der Waals surface area contributed by atoms with Crippen molar-refractivity contribution in [3.8, 4) is 0 Å². The molecule has 2 aromatic rings. The summed E-state index contributed by atoms with van der Waals surface area (Å²) in [4.78, 5) is 18.7. The Labute approximate surface area is 117 Å². The first-order chi connectivity index (χ1) is 9.79. The predicted octanol–water partition coefficient (Wildman–Crippen LogP) is 1.86. The van der Waals surface area contributed by atoms with Gasteiger partial charge in [-0.15, -0.1) is 0 Å². The van der Waals surface area contributed by atoms with E-state index in [1.165, 1.54) is 7.11 Å². The number of aromatic nitrogens is 1. The van der Waals surface area contributed by atoms with E-state index in [-0.39, 0.29) is 5.97 Å². The number of rotatable bonds is 2. The summed E-state index contributed by atoms with van der Waals surface area (Å²) in [5.74, 6) is 0.323. The molecule has 1 aromatic heterocycles. The fraction of sp³-hybridized carbons (Fsp3) is 0.333. The zero-order chi connectivity index (χ0) is 13.9. The summed E-state index contributed by atoms with van der Waals surface area (Å²) in [6.07, 6.45) is 0. The van der Waals surface area contributed by atoms with Crippen molar-refractivity contribution < 1.29 is 14.3 Å². The number of nitrogens with zero attached hydrogens (tertiary/aromatic N) is 2. The van der Waals surface area contributed by atoms with Gasteiger partial charge in [0.2, 0.25) is 0 Å². The highest BCUT2D eigenvalue weighted by molar-refractivity contribution is 5.99. The lowest BCUT2D eigenvalue weighted by Gasteiger charge is -2.29. The van der Waals surface area contributed by atoms with Gasteiger partial charge in [0.05, 0.1) is 25.8 Å². The third-order valence-electron chi connectivity index (χ3n) is 3.42. The number of esters is 1. The van der Waals surface area contributed by atoms with E-state index in [0.29, 0.717) is 24.6 Å². The van der Waals surface area contributed by atoms with Crippen molar-refractivity contribution in [2.75, 3.05) is 38.3 Å². The van der Waals surface area contributed by atoms with E-state index in [9.17, 15) is 4.79 Å². The average Bonchev–Trinajstić information content (AvgIpc) is 2.53. The summed E-state index contributed by atoms with van der Waals surface area (Å²) in [5, 5.41) is 0.935. The van der Waals surface area contributed by atoms with Crippen LogP contribution in [0.4, 0.5) is 5.82 Å². The number of fused-ring (bicyclic) bond motifs is 1. The summed E-state index contributed by atoms with van der Waals surface area (Å²) in [7, 11) is 1.39. The standard InChI is InChI=1S/C15H16N2O3/c1-19-15(18)12-10-11-4-2-3-5-13(11)16-14(12)17-6-8-20-9-7-17/h2-5,10H,6-9H2,1H3. The topological polar surface area (TPSA) is 51.7 Å². The van der Waals surface area contributed by atoms with Gasteiger partial charge in [-0.05, 0) is 12.1 Å². The number of pyridine rings is 1. The van der Waals surface area contributed by atoms with Crippen LogP contribution in [0.5, 0.6) is 0 Å². The van der Waals surface area contributed by atoms with E-state index in [4.69, 9.17) is 9.47 Å². The number of benzene rings is 1. The van der Waals surface area contributed by atoms with Crippen molar-refractivity contribution in [3.63, 3.8) is 0 Å². The van der Waals surface area contributed by atoms with Crippen LogP contribution < -0.4 is 4.90 Å². The lowest BCUT2D eigenvalue weighted by molar-refractivity contribution is 0.0600. The lowest BCUT2D eigenvalue weighted by atomic mass is 10.1. The molecule has 0 spiro atoms. The second-order valence-corrected chi connectivity index (χ2v) is 4.64. The first-order valence-electron chi connectivity index (χ1n) is 6.60. The van der Waals surface area contributed by atoms with Gasteiger partial charge >= 0.3 is 5.97 Å². The van der Waals surface area contributed by atoms with Crippen molar-refractivity contribution >= 4 is 22.7 Å². The van der Waals surface area contributed by atoms with Crippen molar-refractivity contribution in [2.24, 2.45) is 0 Å². The molecule has 1 aromatic carbocycles. The second kappa shape index (κ2) is 5.46. The number of hydrogen-bond acceptors (Lipinski definition) is 5. The first-order valence-corrected chi connectivity index (χ1v) is 6.60. The Morgan fingerprint density at radius 1 is 1.30 bits per heavy atom. The molecule has 2 heterocycles. The molecule has 20 heavy (non-hydrogen) atoms. The minimum absolute atomic E-state index is 0.357. The highest BCUT2D eigenvalue weighted by Crippen LogP contribution is 2.25. The summed E-state index contributed by atoms with van der Waals surface area (Å²) >= 11 is 0. The third kappa shape index (κ3) is 2.32. The fourth-order valence-corrected chi connectivity index (χ4v) is 2.38. The molecule has 1 aliphatic rings. The largest absolute Gasteiger partial charge is 0.465 e. The van der Waals surface area contributed by atoms with Gasteiger partial charge in [0.25, 0.3) is 0 Å². The SMILES string of the molecule is COC(=O)c1cc2ccccc2nc1N1CCOCC1. The zero-order valence-corrected chi connectivity index (χ0v) is 11.3. The molecule has 104 valence electrons. The first kappa shape index (κ1) is 12.9. The second-order valence-electron chi connectivity index (χ2n) is 4.64. The molecule has 0 bridgehead atoms. The Bertz CT molecular complexity index is 636. The van der Waals surface area contributed by atoms with E-state index < -0.39 is 0 Å². The molecule has 0 amide bonds. The molecule has 1 saturated heterocycles. The number of carbonyl (C=O) groups excluding carboxylic acids is 1. The van der Waals surface area contributed by atoms with Gasteiger partial charge in [0, 0.05) is 18.5 Å². The minimum Gasteiger partial charge on any atom is -0.465 e. The maximum absolute atomic E-state index is 12.0. The number of para-hydroxylation sites is 1. The number of morpholine rings is 1. The van der Waals surface area contributed by atoms with Crippen LogP contribution in [0, 0.1) is 0 Å². The summed E-state index contributed by atoms with van der Waals surface area (Å²) in [5.41, 5.74) is 1.38. The van der Waals surface area contributed by atoms with E-state index in [2.05, 4.69) is 9.88 Å². The van der Waals surface area contributed by atoms with E-state index in [0.717, 1.165) is 24.0 Å². The van der Waals surface area contributed by atoms with Crippen molar-refractivity contribution in [1.29, 1.82) is 0 Å². The van der Waals surface area contributed by atoms with Gasteiger partial charge in [0.15, 0.2) is 0 Å². The maximum Gasteiger partial charge on any atom is 0.341 e. The molecule has 0 unspecified atom stereocenters.